The first-order chi connectivity index (χ1) is 56.9. The number of rotatable bonds is 11. The lowest BCUT2D eigenvalue weighted by molar-refractivity contribution is -0.0399. The van der Waals surface area contributed by atoms with Gasteiger partial charge in [0.05, 0.1) is 21.8 Å². The molecule has 1 heterocycles. The van der Waals surface area contributed by atoms with E-state index in [9.17, 15) is 0 Å². The van der Waals surface area contributed by atoms with Gasteiger partial charge in [0.1, 0.15) is 0 Å². The topological polar surface area (TPSA) is 6.48 Å². The molecular weight excluding hydrogens is 1410 g/mol. The Morgan fingerprint density at radius 3 is 0.974 bits per heavy atom. The Labute approximate surface area is 678 Å². The average molecular weight is 1490 g/mol. The van der Waals surface area contributed by atoms with Gasteiger partial charge in [-0.3, -0.25) is 0 Å². The molecule has 10 aliphatic rings. The summed E-state index contributed by atoms with van der Waals surface area (Å²) in [6.45, 7) is 0. The van der Waals surface area contributed by atoms with Crippen LogP contribution in [-0.4, -0.2) is 0 Å². The van der Waals surface area contributed by atoms with Gasteiger partial charge in [0, 0.05) is 54.1 Å². The van der Waals surface area contributed by atoms with E-state index in [1.54, 1.807) is 22.3 Å². The molecule has 0 amide bonds. The average Bonchev–Trinajstić information content (AvgIpc) is 1.54. The summed E-state index contributed by atoms with van der Waals surface area (Å²) in [7, 11) is 0. The molecule has 0 radical (unpaired) electrons. The van der Waals surface area contributed by atoms with Crippen LogP contribution in [0.3, 0.4) is 0 Å². The quantitative estimate of drug-likeness (QED) is 0.127. The van der Waals surface area contributed by atoms with Crippen LogP contribution in [-0.2, 0) is 10.8 Å². The maximum Gasteiger partial charge on any atom is 0.0640 e. The zero-order valence-electron chi connectivity index (χ0n) is 64.6. The van der Waals surface area contributed by atoms with Gasteiger partial charge in [0.2, 0.25) is 0 Å². The second-order valence-corrected chi connectivity index (χ2v) is 36.0. The minimum Gasteiger partial charge on any atom is -0.310 e. The van der Waals surface area contributed by atoms with Crippen molar-refractivity contribution >= 4 is 87.2 Å². The summed E-state index contributed by atoms with van der Waals surface area (Å²) in [5.41, 5.74) is 32.3. The monoisotopic (exact) mass is 1490 g/mol. The molecule has 115 heavy (non-hydrogen) atoms. The molecule has 8 saturated carbocycles. The maximum absolute atomic E-state index is 2.57. The van der Waals surface area contributed by atoms with E-state index >= 15 is 0 Å². The van der Waals surface area contributed by atoms with Crippen LogP contribution in [0.4, 0.5) is 34.1 Å². The highest BCUT2D eigenvalue weighted by Crippen LogP contribution is 2.72. The van der Waals surface area contributed by atoms with Gasteiger partial charge >= 0.3 is 0 Å². The minimum atomic E-state index is 0.188. The van der Waals surface area contributed by atoms with Gasteiger partial charge in [-0.2, -0.15) is 0 Å². The number of fused-ring (bicyclic) bond motifs is 11. The van der Waals surface area contributed by atoms with Crippen LogP contribution in [0.1, 0.15) is 86.5 Å². The molecule has 16 aromatic carbocycles. The fourth-order valence-corrected chi connectivity index (χ4v) is 26.4. The van der Waals surface area contributed by atoms with Crippen molar-refractivity contribution in [3.8, 4) is 77.9 Å². The third kappa shape index (κ3) is 10.5. The van der Waals surface area contributed by atoms with Crippen molar-refractivity contribution < 1.29 is 0 Å². The Morgan fingerprint density at radius 1 is 0.209 bits per heavy atom. The minimum absolute atomic E-state index is 0.188. The molecule has 10 aliphatic carbocycles. The van der Waals surface area contributed by atoms with Crippen LogP contribution in [0, 0.1) is 47.3 Å². The van der Waals surface area contributed by atoms with Crippen molar-refractivity contribution in [1.29, 1.82) is 0 Å². The summed E-state index contributed by atoms with van der Waals surface area (Å²) >= 11 is 1.89. The predicted molar refractivity (Wildman–Crippen MR) is 484 cm³/mol. The van der Waals surface area contributed by atoms with Crippen LogP contribution in [0.5, 0.6) is 0 Å². The first-order valence-electron chi connectivity index (χ1n) is 42.4. The molecule has 17 aromatic rings. The fraction of sp³-hybridized carbons (Fsp3) is 0.179. The highest BCUT2D eigenvalue weighted by atomic mass is 32.1. The molecule has 0 saturated heterocycles. The Kier molecular flexibility index (Phi) is 15.7. The van der Waals surface area contributed by atoms with Crippen molar-refractivity contribution in [2.45, 2.75) is 75.0 Å². The third-order valence-corrected chi connectivity index (χ3v) is 30.5. The molecule has 0 aliphatic heterocycles. The highest BCUT2D eigenvalue weighted by molar-refractivity contribution is 7.26. The predicted octanol–water partition coefficient (Wildman–Crippen LogP) is 30.8. The number of hydrogen-bond acceptors (Lipinski definition) is 3. The number of thiophene rings is 1. The van der Waals surface area contributed by atoms with Gasteiger partial charge in [0.25, 0.3) is 0 Å². The second kappa shape index (κ2) is 26.7. The number of hydrogen-bond donors (Lipinski definition) is 0. The standard InChI is InChI=1S/C56H43NS.C56H45N/c1-2-11-37(12-3-1)38-21-24-42(25-22-38)57(53-19-10-17-48-47-16-7-9-20-54(47)58-55(48)53)52-28-26-43(44-13-4-5-15-46(44)52)39-23-27-51-49(34-39)45-14-6-8-18-50(45)56(51)40-30-35-29-36(32-40)33-41(56)31-35;1-3-11-39(12-4-1)41-19-24-46(25-20-41)57(47-26-21-42(22-27-47)40-13-5-2-6-14-40)55-30-28-48(49-15-7-8-17-51(49)55)43-23-29-54-52(36-43)50-16-9-10-18-53(50)56(54)44-32-37-31-38(34-44)35-45(56)33-37/h1-28,34-36,40-41H,29-33H2;1-30,36-38,44-45H,31-35H2. The molecule has 3 heteroatoms. The van der Waals surface area contributed by atoms with Gasteiger partial charge in [-0.1, -0.05) is 291 Å². The summed E-state index contributed by atoms with van der Waals surface area (Å²) in [6, 6.07) is 137. The normalized spacial score (nSPS) is 22.5. The summed E-state index contributed by atoms with van der Waals surface area (Å²) < 4.78 is 2.62. The molecule has 27 rings (SSSR count). The molecule has 1 aromatic heterocycles. The van der Waals surface area contributed by atoms with Gasteiger partial charge in [-0.15, -0.1) is 11.3 Å². The number of benzene rings is 16. The van der Waals surface area contributed by atoms with Crippen LogP contribution in [0.2, 0.25) is 0 Å². The van der Waals surface area contributed by atoms with Crippen LogP contribution >= 0.6 is 11.3 Å². The number of anilines is 6. The maximum atomic E-state index is 2.57. The van der Waals surface area contributed by atoms with Crippen LogP contribution < -0.4 is 9.80 Å². The SMILES string of the molecule is c1ccc(-c2ccc(N(c3ccc(-c4ccc5c(c4)-c4ccccc4C54C5CC6CC(C5)CC4C6)c4ccccc34)c3cccc4c3sc3ccccc34)cc2)cc1.c1ccc(-c2ccc(N(c3ccc(-c4ccccc4)cc3)c3ccc(-c4ccc5c(c4)-c4ccccc4C54C5CC6CC(C5)CC4C6)c4ccccc34)cc2)cc1. The number of nitrogens with zero attached hydrogens (tertiary/aromatic N) is 2. The molecular formula is C112H88N2S. The van der Waals surface area contributed by atoms with Crippen molar-refractivity contribution in [2.24, 2.45) is 47.3 Å². The van der Waals surface area contributed by atoms with Crippen molar-refractivity contribution in [3.05, 3.63) is 386 Å². The van der Waals surface area contributed by atoms with Gasteiger partial charge in [0.15, 0.2) is 0 Å². The van der Waals surface area contributed by atoms with E-state index in [2.05, 4.69) is 374 Å². The lowest BCUT2D eigenvalue weighted by atomic mass is 9.43. The molecule has 2 nitrogen and oxygen atoms in total. The lowest BCUT2D eigenvalue weighted by Gasteiger charge is -2.61. The zero-order chi connectivity index (χ0) is 75.5. The Morgan fingerprint density at radius 2 is 0.539 bits per heavy atom. The van der Waals surface area contributed by atoms with E-state index in [0.717, 1.165) is 64.4 Å². The molecule has 0 N–H and O–H groups in total. The largest absolute Gasteiger partial charge is 0.310 e. The second-order valence-electron chi connectivity index (χ2n) is 35.0. The van der Waals surface area contributed by atoms with E-state index in [4.69, 9.17) is 0 Å². The van der Waals surface area contributed by atoms with Crippen LogP contribution in [0.25, 0.3) is 120 Å². The Bertz CT molecular complexity index is 6530. The molecule has 552 valence electrons. The van der Waals surface area contributed by atoms with E-state index in [1.165, 1.54) is 201 Å². The van der Waals surface area contributed by atoms with Crippen LogP contribution in [0.15, 0.2) is 364 Å². The first-order valence-corrected chi connectivity index (χ1v) is 43.3. The van der Waals surface area contributed by atoms with E-state index in [-0.39, 0.29) is 10.8 Å². The van der Waals surface area contributed by atoms with Gasteiger partial charge in [-0.05, 0) is 295 Å². The van der Waals surface area contributed by atoms with Crippen molar-refractivity contribution in [2.75, 3.05) is 9.80 Å². The molecule has 0 unspecified atom stereocenters. The fourth-order valence-electron chi connectivity index (χ4n) is 25.2. The van der Waals surface area contributed by atoms with E-state index in [0.29, 0.717) is 0 Å². The van der Waals surface area contributed by atoms with Crippen molar-refractivity contribution in [1.82, 2.24) is 0 Å². The van der Waals surface area contributed by atoms with Gasteiger partial charge < -0.3 is 9.80 Å². The summed E-state index contributed by atoms with van der Waals surface area (Å²) in [4.78, 5) is 4.94. The zero-order valence-corrected chi connectivity index (χ0v) is 65.5. The van der Waals surface area contributed by atoms with E-state index in [1.807, 2.05) is 11.3 Å². The highest BCUT2D eigenvalue weighted by Gasteiger charge is 2.63. The molecule has 8 fully saturated rings. The molecule has 8 bridgehead atoms. The van der Waals surface area contributed by atoms with Crippen molar-refractivity contribution in [3.63, 3.8) is 0 Å². The van der Waals surface area contributed by atoms with E-state index < -0.39 is 0 Å². The third-order valence-electron chi connectivity index (χ3n) is 29.3. The molecule has 2 spiro atoms. The summed E-state index contributed by atoms with van der Waals surface area (Å²) in [5.74, 6) is 6.88. The summed E-state index contributed by atoms with van der Waals surface area (Å²) in [6.07, 6.45) is 14.3. The first kappa shape index (κ1) is 67.4. The smallest absolute Gasteiger partial charge is 0.0640 e. The summed E-state index contributed by atoms with van der Waals surface area (Å²) in [5, 5.41) is 7.68. The Hall–Kier alpha value is -12.1. The molecule has 0 atom stereocenters. The van der Waals surface area contributed by atoms with Gasteiger partial charge in [-0.25, -0.2) is 0 Å². The Balaban J connectivity index is 0.000000133. The lowest BCUT2D eigenvalue weighted by Crippen LogP contribution is -2.55.